The number of fused-ring (bicyclic) bond motifs is 7. The number of nitrogens with zero attached hydrogens (tertiary/aromatic N) is 1. The fourth-order valence-electron chi connectivity index (χ4n) is 6.50. The van der Waals surface area contributed by atoms with E-state index < -0.39 is 0 Å². The molecule has 0 atom stereocenters. The molecular weight excluding hydrogens is 594 g/mol. The number of halogens is 1. The molecule has 0 radical (unpaired) electrons. The average Bonchev–Trinajstić information content (AvgIpc) is 3.64. The summed E-state index contributed by atoms with van der Waals surface area (Å²) in [5, 5.41) is 8.13. The summed E-state index contributed by atoms with van der Waals surface area (Å²) in [7, 11) is 0. The van der Waals surface area contributed by atoms with Crippen LogP contribution in [0.5, 0.6) is 0 Å². The second-order valence-electron chi connectivity index (χ2n) is 11.1. The molecule has 0 saturated heterocycles. The summed E-state index contributed by atoms with van der Waals surface area (Å²) in [6, 6.07) is 52.5. The number of para-hydroxylation sites is 1. The van der Waals surface area contributed by atoms with Crippen LogP contribution in [0.4, 0.5) is 17.1 Å². The monoisotopic (exact) mass is 617 g/mol. The molecule has 208 valence electrons. The minimum absolute atomic E-state index is 0.772. The summed E-state index contributed by atoms with van der Waals surface area (Å²) in [6.07, 6.45) is 0. The van der Waals surface area contributed by atoms with Gasteiger partial charge in [-0.3, -0.25) is 0 Å². The predicted octanol–water partition coefficient (Wildman–Crippen LogP) is 13.4. The van der Waals surface area contributed by atoms with Gasteiger partial charge in [-0.2, -0.15) is 0 Å². The van der Waals surface area contributed by atoms with Gasteiger partial charge in [0.2, 0.25) is 0 Å². The Morgan fingerprint density at radius 1 is 0.432 bits per heavy atom. The van der Waals surface area contributed by atoms with Gasteiger partial charge in [-0.05, 0) is 77.2 Å². The van der Waals surface area contributed by atoms with Crippen LogP contribution in [0.3, 0.4) is 0 Å². The van der Waals surface area contributed by atoms with Crippen molar-refractivity contribution in [1.82, 2.24) is 0 Å². The Morgan fingerprint density at radius 3 is 1.86 bits per heavy atom. The standard InChI is InChI=1S/C40H24ClNS2/c41-35-20-19-28(29-12-4-5-13-30(29)35)25-22-34-32-15-7-9-17-38(32)44-40(34)36(23-25)42(26-10-2-1-3-11-26)27-18-21-39-33(24-27)31-14-6-8-16-37(31)43-39/h1-24H. The Kier molecular flexibility index (Phi) is 5.99. The molecule has 0 aliphatic carbocycles. The number of rotatable bonds is 4. The molecule has 2 heterocycles. The molecule has 0 N–H and O–H groups in total. The van der Waals surface area contributed by atoms with Gasteiger partial charge in [0, 0.05) is 57.4 Å². The molecule has 0 fully saturated rings. The number of hydrogen-bond acceptors (Lipinski definition) is 3. The maximum absolute atomic E-state index is 6.69. The first-order valence-corrected chi connectivity index (χ1v) is 16.6. The van der Waals surface area contributed by atoms with Crippen LogP contribution in [0.1, 0.15) is 0 Å². The lowest BCUT2D eigenvalue weighted by Gasteiger charge is -2.27. The molecule has 0 unspecified atom stereocenters. The summed E-state index contributed by atoms with van der Waals surface area (Å²) < 4.78 is 5.17. The van der Waals surface area contributed by atoms with Crippen LogP contribution in [0, 0.1) is 0 Å². The highest BCUT2D eigenvalue weighted by Crippen LogP contribution is 2.48. The second-order valence-corrected chi connectivity index (χ2v) is 13.6. The van der Waals surface area contributed by atoms with Crippen molar-refractivity contribution in [2.75, 3.05) is 4.90 Å². The van der Waals surface area contributed by atoms with Crippen molar-refractivity contribution in [3.63, 3.8) is 0 Å². The number of hydrogen-bond donors (Lipinski definition) is 0. The van der Waals surface area contributed by atoms with Crippen LogP contribution in [-0.2, 0) is 0 Å². The zero-order valence-corrected chi connectivity index (χ0v) is 25.9. The van der Waals surface area contributed by atoms with Crippen molar-refractivity contribution >= 4 is 102 Å². The third kappa shape index (κ3) is 4.05. The van der Waals surface area contributed by atoms with Gasteiger partial charge < -0.3 is 4.90 Å². The smallest absolute Gasteiger partial charge is 0.0646 e. The lowest BCUT2D eigenvalue weighted by atomic mass is 9.96. The quantitative estimate of drug-likeness (QED) is 0.190. The molecule has 0 saturated carbocycles. The molecule has 0 bridgehead atoms. The highest BCUT2D eigenvalue weighted by Gasteiger charge is 2.21. The van der Waals surface area contributed by atoms with E-state index in [4.69, 9.17) is 11.6 Å². The van der Waals surface area contributed by atoms with Crippen molar-refractivity contribution in [3.8, 4) is 11.1 Å². The molecule has 0 spiro atoms. The first-order chi connectivity index (χ1) is 21.7. The minimum atomic E-state index is 0.772. The Labute approximate surface area is 267 Å². The van der Waals surface area contributed by atoms with Crippen molar-refractivity contribution < 1.29 is 0 Å². The van der Waals surface area contributed by atoms with E-state index in [1.165, 1.54) is 57.2 Å². The Bertz CT molecular complexity index is 2530. The zero-order valence-electron chi connectivity index (χ0n) is 23.5. The summed E-state index contributed by atoms with van der Waals surface area (Å²) in [5.41, 5.74) is 5.79. The van der Waals surface area contributed by atoms with Gasteiger partial charge in [0.05, 0.1) is 10.4 Å². The predicted molar refractivity (Wildman–Crippen MR) is 195 cm³/mol. The molecule has 0 amide bonds. The summed E-state index contributed by atoms with van der Waals surface area (Å²) in [4.78, 5) is 2.44. The molecule has 0 aliphatic heterocycles. The summed E-state index contributed by atoms with van der Waals surface area (Å²) in [6.45, 7) is 0. The second kappa shape index (κ2) is 10.2. The molecule has 1 nitrogen and oxygen atoms in total. The normalized spacial score (nSPS) is 11.8. The topological polar surface area (TPSA) is 3.24 Å². The first kappa shape index (κ1) is 25.8. The SMILES string of the molecule is Clc1ccc(-c2cc(N(c3ccccc3)c3ccc4sc5ccccc5c4c3)c3sc4ccccc4c3c2)c2ccccc12. The van der Waals surface area contributed by atoms with Crippen molar-refractivity contribution in [1.29, 1.82) is 0 Å². The van der Waals surface area contributed by atoms with Gasteiger partial charge in [-0.25, -0.2) is 0 Å². The number of benzene rings is 7. The average molecular weight is 618 g/mol. The van der Waals surface area contributed by atoms with E-state index in [0.717, 1.165) is 27.2 Å². The van der Waals surface area contributed by atoms with Crippen molar-refractivity contribution in [2.45, 2.75) is 0 Å². The molecule has 0 aliphatic rings. The van der Waals surface area contributed by atoms with E-state index in [1.807, 2.05) is 28.7 Å². The van der Waals surface area contributed by atoms with Gasteiger partial charge in [0.25, 0.3) is 0 Å². The zero-order chi connectivity index (χ0) is 29.2. The maximum Gasteiger partial charge on any atom is 0.0646 e. The van der Waals surface area contributed by atoms with Crippen molar-refractivity contribution in [2.24, 2.45) is 0 Å². The number of anilines is 3. The Morgan fingerprint density at radius 2 is 1.07 bits per heavy atom. The largest absolute Gasteiger partial charge is 0.309 e. The highest BCUT2D eigenvalue weighted by atomic mass is 35.5. The van der Waals surface area contributed by atoms with E-state index in [9.17, 15) is 0 Å². The van der Waals surface area contributed by atoms with Crippen molar-refractivity contribution in [3.05, 3.63) is 151 Å². The summed E-state index contributed by atoms with van der Waals surface area (Å²) >= 11 is 10.4. The third-order valence-electron chi connectivity index (χ3n) is 8.51. The molecule has 2 aromatic heterocycles. The van der Waals surface area contributed by atoms with Gasteiger partial charge in [0.1, 0.15) is 0 Å². The summed E-state index contributed by atoms with van der Waals surface area (Å²) in [5.74, 6) is 0. The van der Waals surface area contributed by atoms with E-state index in [2.05, 4.69) is 144 Å². The van der Waals surface area contributed by atoms with Gasteiger partial charge in [-0.15, -0.1) is 22.7 Å². The van der Waals surface area contributed by atoms with E-state index in [1.54, 1.807) is 0 Å². The van der Waals surface area contributed by atoms with Gasteiger partial charge >= 0.3 is 0 Å². The Hall–Kier alpha value is -4.67. The van der Waals surface area contributed by atoms with E-state index in [0.29, 0.717) is 0 Å². The van der Waals surface area contributed by atoms with Crippen LogP contribution in [0.25, 0.3) is 62.2 Å². The third-order valence-corrected chi connectivity index (χ3v) is 11.2. The number of thiophene rings is 2. The molecule has 9 aromatic rings. The molecule has 7 aromatic carbocycles. The molecule has 4 heteroatoms. The fraction of sp³-hybridized carbons (Fsp3) is 0. The van der Waals surface area contributed by atoms with E-state index >= 15 is 0 Å². The van der Waals surface area contributed by atoms with E-state index in [-0.39, 0.29) is 0 Å². The lowest BCUT2D eigenvalue weighted by Crippen LogP contribution is -2.10. The van der Waals surface area contributed by atoms with Crippen LogP contribution in [-0.4, -0.2) is 0 Å². The van der Waals surface area contributed by atoms with Crippen LogP contribution in [0.15, 0.2) is 146 Å². The Balaban J connectivity index is 1.38. The minimum Gasteiger partial charge on any atom is -0.309 e. The van der Waals surface area contributed by atoms with Gasteiger partial charge in [-0.1, -0.05) is 96.5 Å². The van der Waals surface area contributed by atoms with Crippen LogP contribution in [0.2, 0.25) is 5.02 Å². The highest BCUT2D eigenvalue weighted by molar-refractivity contribution is 7.26. The fourth-order valence-corrected chi connectivity index (χ4v) is 9.00. The molecular formula is C40H24ClNS2. The molecule has 44 heavy (non-hydrogen) atoms. The molecule has 9 rings (SSSR count). The first-order valence-electron chi connectivity index (χ1n) is 14.6. The van der Waals surface area contributed by atoms with Crippen LogP contribution >= 0.6 is 34.3 Å². The van der Waals surface area contributed by atoms with Gasteiger partial charge in [0.15, 0.2) is 0 Å². The lowest BCUT2D eigenvalue weighted by molar-refractivity contribution is 1.31. The van der Waals surface area contributed by atoms with Crippen LogP contribution < -0.4 is 4.90 Å². The maximum atomic E-state index is 6.69.